The van der Waals surface area contributed by atoms with E-state index in [1.807, 2.05) is 72.1 Å². The van der Waals surface area contributed by atoms with E-state index in [-0.39, 0.29) is 12.2 Å². The van der Waals surface area contributed by atoms with Crippen molar-refractivity contribution in [2.24, 2.45) is 0 Å². The normalized spacial score (nSPS) is 10.7. The summed E-state index contributed by atoms with van der Waals surface area (Å²) < 4.78 is 5.22. The number of aromatic nitrogens is 4. The van der Waals surface area contributed by atoms with Crippen molar-refractivity contribution in [3.05, 3.63) is 96.3 Å². The second-order valence-electron chi connectivity index (χ2n) is 7.53. The van der Waals surface area contributed by atoms with Gasteiger partial charge in [-0.05, 0) is 31.2 Å². The highest BCUT2D eigenvalue weighted by molar-refractivity contribution is 7.13. The molecule has 3 heterocycles. The zero-order chi connectivity index (χ0) is 24.0. The highest BCUT2D eigenvalue weighted by Crippen LogP contribution is 2.31. The fourth-order valence-electron chi connectivity index (χ4n) is 3.48. The Balaban J connectivity index is 1.47. The van der Waals surface area contributed by atoms with E-state index in [0.29, 0.717) is 11.6 Å². The predicted octanol–water partition coefficient (Wildman–Crippen LogP) is 6.25. The van der Waals surface area contributed by atoms with E-state index in [4.69, 9.17) is 9.72 Å². The van der Waals surface area contributed by atoms with Crippen LogP contribution in [0.1, 0.15) is 17.3 Å². The maximum Gasteiger partial charge on any atom is 0.343 e. The van der Waals surface area contributed by atoms with Crippen LogP contribution in [0.15, 0.2) is 90.7 Å². The Hall–Kier alpha value is -4.43. The summed E-state index contributed by atoms with van der Waals surface area (Å²) in [7, 11) is 0. The van der Waals surface area contributed by atoms with E-state index in [1.54, 1.807) is 30.7 Å². The first-order valence-electron chi connectivity index (χ1n) is 11.0. The third kappa shape index (κ3) is 5.07. The molecular formula is C27H21N5O2S. The Morgan fingerprint density at radius 1 is 0.943 bits per heavy atom. The van der Waals surface area contributed by atoms with E-state index in [2.05, 4.69) is 20.3 Å². The van der Waals surface area contributed by atoms with Gasteiger partial charge in [0, 0.05) is 46.3 Å². The molecule has 0 fully saturated rings. The van der Waals surface area contributed by atoms with E-state index in [0.717, 1.165) is 33.1 Å². The SMILES string of the molecule is CCOC(=O)c1cnc(-c2ccccc2)nc1Nc1cccc(-c2csc(-c3cccnc3)n2)c1. The Labute approximate surface area is 206 Å². The van der Waals surface area contributed by atoms with E-state index in [1.165, 1.54) is 6.20 Å². The molecule has 0 spiro atoms. The number of nitrogens with one attached hydrogen (secondary N) is 1. The van der Waals surface area contributed by atoms with Crippen LogP contribution < -0.4 is 5.32 Å². The lowest BCUT2D eigenvalue weighted by Gasteiger charge is -2.12. The van der Waals surface area contributed by atoms with Gasteiger partial charge in [-0.25, -0.2) is 19.7 Å². The maximum absolute atomic E-state index is 12.6. The van der Waals surface area contributed by atoms with Crippen LogP contribution in [0, 0.1) is 0 Å². The van der Waals surface area contributed by atoms with E-state index < -0.39 is 5.97 Å². The second kappa shape index (κ2) is 10.2. The molecule has 0 bridgehead atoms. The minimum atomic E-state index is -0.480. The summed E-state index contributed by atoms with van der Waals surface area (Å²) >= 11 is 1.57. The number of thiazole rings is 1. The van der Waals surface area contributed by atoms with Crippen molar-refractivity contribution < 1.29 is 9.53 Å². The third-order valence-corrected chi connectivity index (χ3v) is 6.04. The average Bonchev–Trinajstić information content (AvgIpc) is 3.41. The molecule has 0 saturated carbocycles. The number of nitrogens with zero attached hydrogens (tertiary/aromatic N) is 4. The number of hydrogen-bond acceptors (Lipinski definition) is 8. The highest BCUT2D eigenvalue weighted by atomic mass is 32.1. The second-order valence-corrected chi connectivity index (χ2v) is 8.39. The standard InChI is InChI=1S/C27H21N5O2S/c1-2-34-27(33)22-16-29-24(18-8-4-3-5-9-18)32-25(22)30-21-12-6-10-19(14-21)23-17-35-26(31-23)20-11-7-13-28-15-20/h3-17H,2H2,1H3,(H,29,30,32). The minimum absolute atomic E-state index is 0.261. The quantitative estimate of drug-likeness (QED) is 0.276. The van der Waals surface area contributed by atoms with Gasteiger partial charge >= 0.3 is 5.97 Å². The molecule has 0 radical (unpaired) electrons. The first-order chi connectivity index (χ1) is 17.2. The van der Waals surface area contributed by atoms with Crippen molar-refractivity contribution in [3.63, 3.8) is 0 Å². The number of ether oxygens (including phenoxy) is 1. The monoisotopic (exact) mass is 479 g/mol. The van der Waals surface area contributed by atoms with Crippen LogP contribution in [0.25, 0.3) is 33.2 Å². The molecule has 35 heavy (non-hydrogen) atoms. The van der Waals surface area contributed by atoms with Gasteiger partial charge in [0.05, 0.1) is 12.3 Å². The van der Waals surface area contributed by atoms with Gasteiger partial charge in [-0.2, -0.15) is 0 Å². The molecule has 0 aliphatic carbocycles. The van der Waals surface area contributed by atoms with Crippen LogP contribution in [-0.2, 0) is 4.74 Å². The molecule has 0 unspecified atom stereocenters. The Morgan fingerprint density at radius 2 is 1.77 bits per heavy atom. The fraction of sp³-hybridized carbons (Fsp3) is 0.0741. The van der Waals surface area contributed by atoms with Crippen molar-refractivity contribution in [2.45, 2.75) is 6.92 Å². The lowest BCUT2D eigenvalue weighted by Crippen LogP contribution is -2.11. The fourth-order valence-corrected chi connectivity index (χ4v) is 4.30. The molecule has 5 aromatic rings. The number of hydrogen-bond donors (Lipinski definition) is 1. The van der Waals surface area contributed by atoms with E-state index in [9.17, 15) is 4.79 Å². The largest absolute Gasteiger partial charge is 0.462 e. The average molecular weight is 480 g/mol. The maximum atomic E-state index is 12.6. The van der Waals surface area contributed by atoms with Crippen LogP contribution in [0.5, 0.6) is 0 Å². The van der Waals surface area contributed by atoms with Gasteiger partial charge in [0.2, 0.25) is 0 Å². The molecule has 8 heteroatoms. The van der Waals surface area contributed by atoms with Crippen molar-refractivity contribution >= 4 is 28.8 Å². The molecule has 172 valence electrons. The molecule has 0 saturated heterocycles. The van der Waals surface area contributed by atoms with Crippen LogP contribution >= 0.6 is 11.3 Å². The van der Waals surface area contributed by atoms with Crippen LogP contribution in [0.2, 0.25) is 0 Å². The summed E-state index contributed by atoms with van der Waals surface area (Å²) in [6.07, 6.45) is 5.05. The number of carbonyl (C=O) groups is 1. The first-order valence-corrected chi connectivity index (χ1v) is 11.9. The third-order valence-electron chi connectivity index (χ3n) is 5.15. The summed E-state index contributed by atoms with van der Waals surface area (Å²) in [6.45, 7) is 2.03. The van der Waals surface area contributed by atoms with Crippen molar-refractivity contribution in [3.8, 4) is 33.2 Å². The van der Waals surface area contributed by atoms with Crippen LogP contribution in [-0.4, -0.2) is 32.5 Å². The van der Waals surface area contributed by atoms with Gasteiger partial charge in [-0.1, -0.05) is 42.5 Å². The summed E-state index contributed by atoms with van der Waals surface area (Å²) in [5.74, 6) is 0.410. The number of pyridine rings is 1. The molecule has 1 N–H and O–H groups in total. The molecule has 3 aromatic heterocycles. The van der Waals surface area contributed by atoms with Crippen molar-refractivity contribution in [1.29, 1.82) is 0 Å². The van der Waals surface area contributed by atoms with Gasteiger partial charge in [0.15, 0.2) is 5.82 Å². The summed E-state index contributed by atoms with van der Waals surface area (Å²) in [5.41, 5.74) is 4.66. The minimum Gasteiger partial charge on any atom is -0.462 e. The predicted molar refractivity (Wildman–Crippen MR) is 137 cm³/mol. The molecule has 0 aliphatic rings. The van der Waals surface area contributed by atoms with Gasteiger partial charge in [0.25, 0.3) is 0 Å². The van der Waals surface area contributed by atoms with Gasteiger partial charge < -0.3 is 10.1 Å². The zero-order valence-corrected chi connectivity index (χ0v) is 19.7. The molecule has 2 aromatic carbocycles. The lowest BCUT2D eigenvalue weighted by molar-refractivity contribution is 0.0526. The number of esters is 1. The van der Waals surface area contributed by atoms with Gasteiger partial charge in [0.1, 0.15) is 16.4 Å². The van der Waals surface area contributed by atoms with Gasteiger partial charge in [-0.3, -0.25) is 4.98 Å². The summed E-state index contributed by atoms with van der Waals surface area (Å²) in [5, 5.41) is 6.20. The van der Waals surface area contributed by atoms with Crippen LogP contribution in [0.4, 0.5) is 11.5 Å². The number of carbonyl (C=O) groups excluding carboxylic acids is 1. The Morgan fingerprint density at radius 3 is 2.57 bits per heavy atom. The van der Waals surface area contributed by atoms with Crippen molar-refractivity contribution in [2.75, 3.05) is 11.9 Å². The van der Waals surface area contributed by atoms with E-state index >= 15 is 0 Å². The van der Waals surface area contributed by atoms with Crippen LogP contribution in [0.3, 0.4) is 0 Å². The zero-order valence-electron chi connectivity index (χ0n) is 18.9. The Bertz CT molecular complexity index is 1460. The number of rotatable bonds is 7. The first kappa shape index (κ1) is 22.4. The molecule has 0 atom stereocenters. The molecular weight excluding hydrogens is 458 g/mol. The topological polar surface area (TPSA) is 89.9 Å². The van der Waals surface area contributed by atoms with Crippen molar-refractivity contribution in [1.82, 2.24) is 19.9 Å². The summed E-state index contributed by atoms with van der Waals surface area (Å²) in [6, 6.07) is 21.3. The smallest absolute Gasteiger partial charge is 0.343 e. The molecule has 7 nitrogen and oxygen atoms in total. The lowest BCUT2D eigenvalue weighted by atomic mass is 10.1. The Kier molecular flexibility index (Phi) is 6.54. The molecule has 5 rings (SSSR count). The number of benzene rings is 2. The molecule has 0 amide bonds. The van der Waals surface area contributed by atoms with Gasteiger partial charge in [-0.15, -0.1) is 11.3 Å². The highest BCUT2D eigenvalue weighted by Gasteiger charge is 2.17. The molecule has 0 aliphatic heterocycles. The summed E-state index contributed by atoms with van der Waals surface area (Å²) in [4.78, 5) is 30.6. The number of anilines is 2.